The third kappa shape index (κ3) is 5.81. The lowest BCUT2D eigenvalue weighted by Gasteiger charge is -2.60. The second kappa shape index (κ2) is 12.5. The van der Waals surface area contributed by atoms with Crippen LogP contribution in [0.5, 0.6) is 0 Å². The smallest absolute Gasteiger partial charge is 0.411 e. The highest BCUT2D eigenvalue weighted by Crippen LogP contribution is 2.87. The predicted octanol–water partition coefficient (Wildman–Crippen LogP) is 6.13. The number of rotatable bonds is 6. The lowest BCUT2D eigenvalue weighted by Crippen LogP contribution is -2.58. The zero-order valence-corrected chi connectivity index (χ0v) is 33.0. The van der Waals surface area contributed by atoms with E-state index in [1.165, 1.54) is 17.7 Å². The Morgan fingerprint density at radius 2 is 1.73 bits per heavy atom. The van der Waals surface area contributed by atoms with Gasteiger partial charge in [0.25, 0.3) is 0 Å². The van der Waals surface area contributed by atoms with E-state index in [0.717, 1.165) is 38.5 Å². The molecule has 7 fully saturated rings. The molecule has 5 aliphatic carbocycles. The Hall–Kier alpha value is -1.46. The number of amides is 1. The van der Waals surface area contributed by atoms with Crippen LogP contribution in [0.2, 0.25) is 0 Å². The highest BCUT2D eigenvalue weighted by molar-refractivity contribution is 5.82. The maximum atomic E-state index is 13.8. The number of morpholine rings is 1. The van der Waals surface area contributed by atoms with Gasteiger partial charge in [-0.05, 0) is 139 Å². The van der Waals surface area contributed by atoms with E-state index in [0.29, 0.717) is 37.5 Å². The van der Waals surface area contributed by atoms with Crippen LogP contribution in [-0.4, -0.2) is 101 Å². The monoisotopic (exact) mass is 717 g/mol. The number of esters is 1. The average Bonchev–Trinajstić information content (AvgIpc) is 3.64. The molecule has 2 spiro atoms. The van der Waals surface area contributed by atoms with E-state index in [1.807, 2.05) is 27.7 Å². The van der Waals surface area contributed by atoms with Gasteiger partial charge in [-0.1, -0.05) is 27.7 Å². The summed E-state index contributed by atoms with van der Waals surface area (Å²) in [6.07, 6.45) is 6.01. The molecule has 0 aromatic carbocycles. The molecule has 10 nitrogen and oxygen atoms in total. The molecule has 290 valence electrons. The van der Waals surface area contributed by atoms with Gasteiger partial charge in [0.05, 0.1) is 37.1 Å². The van der Waals surface area contributed by atoms with E-state index in [1.54, 1.807) is 13.8 Å². The Morgan fingerprint density at radius 3 is 2.39 bits per heavy atom. The van der Waals surface area contributed by atoms with Crippen molar-refractivity contribution in [2.75, 3.05) is 26.4 Å². The Balaban J connectivity index is 1.08. The Morgan fingerprint density at radius 1 is 1.00 bits per heavy atom. The fourth-order valence-corrected chi connectivity index (χ4v) is 13.8. The summed E-state index contributed by atoms with van der Waals surface area (Å²) in [6.45, 7) is 21.7. The van der Waals surface area contributed by atoms with E-state index < -0.39 is 41.5 Å². The summed E-state index contributed by atoms with van der Waals surface area (Å²) in [4.78, 5) is 28.3. The minimum atomic E-state index is -1.04. The Kier molecular flexibility index (Phi) is 9.30. The molecule has 2 unspecified atom stereocenters. The third-order valence-electron chi connectivity index (χ3n) is 15.6. The van der Waals surface area contributed by atoms with Gasteiger partial charge in [0, 0.05) is 18.6 Å². The number of hydrogen-bond donors (Lipinski definition) is 2. The molecule has 2 aliphatic heterocycles. The third-order valence-corrected chi connectivity index (χ3v) is 15.6. The van der Waals surface area contributed by atoms with E-state index in [-0.39, 0.29) is 58.4 Å². The molecule has 2 heterocycles. The number of aliphatic hydroxyl groups excluding tert-OH is 1. The second-order valence-electron chi connectivity index (χ2n) is 20.2. The number of fused-ring (bicyclic) bond motifs is 4. The van der Waals surface area contributed by atoms with Crippen LogP contribution in [0.25, 0.3) is 0 Å². The summed E-state index contributed by atoms with van der Waals surface area (Å²) in [6, 6.07) is -0.817. The van der Waals surface area contributed by atoms with Crippen molar-refractivity contribution in [2.45, 2.75) is 168 Å². The van der Waals surface area contributed by atoms with Crippen molar-refractivity contribution in [1.29, 1.82) is 0 Å². The van der Waals surface area contributed by atoms with Crippen molar-refractivity contribution in [3.63, 3.8) is 0 Å². The lowest BCUT2D eigenvalue weighted by molar-refractivity contribution is -0.214. The van der Waals surface area contributed by atoms with Gasteiger partial charge in [0.15, 0.2) is 6.04 Å². The first kappa shape index (κ1) is 37.8. The van der Waals surface area contributed by atoms with Crippen LogP contribution in [0, 0.1) is 51.2 Å². The summed E-state index contributed by atoms with van der Waals surface area (Å²) >= 11 is 0. The van der Waals surface area contributed by atoms with Crippen LogP contribution in [-0.2, 0) is 28.5 Å². The van der Waals surface area contributed by atoms with Crippen LogP contribution in [0.3, 0.4) is 0 Å². The topological polar surface area (TPSA) is 124 Å². The Labute approximate surface area is 306 Å². The van der Waals surface area contributed by atoms with Crippen molar-refractivity contribution in [1.82, 2.24) is 4.90 Å². The van der Waals surface area contributed by atoms with Gasteiger partial charge in [-0.2, -0.15) is 0 Å². The van der Waals surface area contributed by atoms with Crippen LogP contribution >= 0.6 is 0 Å². The van der Waals surface area contributed by atoms with Crippen LogP contribution < -0.4 is 0 Å². The van der Waals surface area contributed by atoms with E-state index in [9.17, 15) is 19.8 Å². The summed E-state index contributed by atoms with van der Waals surface area (Å²) in [7, 11) is 0. The van der Waals surface area contributed by atoms with Crippen molar-refractivity contribution in [3.05, 3.63) is 0 Å². The van der Waals surface area contributed by atoms with E-state index in [2.05, 4.69) is 27.7 Å². The lowest BCUT2D eigenvalue weighted by atomic mass is 9.46. The molecule has 5 saturated carbocycles. The van der Waals surface area contributed by atoms with Crippen LogP contribution in [0.15, 0.2) is 0 Å². The number of carbonyl (C=O) groups is 2. The van der Waals surface area contributed by atoms with Crippen molar-refractivity contribution in [3.8, 4) is 0 Å². The molecule has 51 heavy (non-hydrogen) atoms. The SMILES string of the molecule is CCO[C@@H]([C@H]1C[C@@H](C)[C@H]2[C@H](O1)[C@H](O)C1[C@@H]3CC[C@H]4C(C)(C)[C@@H](OC(=O)[C@H]5COCCN5C(=O)OC(C)(C)C)CCC45C[C@@]35CC[C@@]12C)C(C)(C)O. The van der Waals surface area contributed by atoms with Gasteiger partial charge in [-0.3, -0.25) is 4.90 Å². The maximum Gasteiger partial charge on any atom is 0.411 e. The number of ether oxygens (including phenoxy) is 5. The fraction of sp³-hybridized carbons (Fsp3) is 0.951. The number of aliphatic hydroxyl groups is 2. The molecule has 0 aromatic heterocycles. The van der Waals surface area contributed by atoms with Crippen molar-refractivity contribution < 1.29 is 43.5 Å². The number of carbonyl (C=O) groups excluding carboxylic acids is 2. The van der Waals surface area contributed by atoms with Gasteiger partial charge >= 0.3 is 12.1 Å². The molecule has 2 saturated heterocycles. The number of hydrogen-bond acceptors (Lipinski definition) is 9. The summed E-state index contributed by atoms with van der Waals surface area (Å²) in [5, 5.41) is 23.4. The summed E-state index contributed by atoms with van der Waals surface area (Å²) < 4.78 is 30.7. The second-order valence-corrected chi connectivity index (χ2v) is 20.2. The highest BCUT2D eigenvalue weighted by Gasteiger charge is 2.82. The average molecular weight is 718 g/mol. The van der Waals surface area contributed by atoms with Gasteiger partial charge in [-0.15, -0.1) is 0 Å². The molecule has 14 atom stereocenters. The molecule has 7 aliphatic rings. The molecular weight excluding hydrogens is 650 g/mol. The molecular formula is C41H67NO9. The molecule has 1 amide bonds. The van der Waals surface area contributed by atoms with Crippen LogP contribution in [0.1, 0.15) is 121 Å². The molecule has 0 aromatic rings. The standard InChI is InChI=1S/C41H67NO9/c1-11-48-33(38(8,9)46)26-20-23(2)29-32(49-26)31(43)30-24-12-13-27-37(6,7)28(14-15-41(27)22-40(24,41)17-16-39(29,30)10)50-34(44)25-21-47-19-18-42(25)35(45)51-36(3,4)5/h23-33,43,46H,11-22H2,1-10H3/t23-,24+,25-,26-,27+,28+,29+,30?,31-,32+,33+,39-,40+,41?/m1/s1. The minimum Gasteiger partial charge on any atom is -0.460 e. The quantitative estimate of drug-likeness (QED) is 0.312. The number of nitrogens with zero attached hydrogens (tertiary/aromatic N) is 1. The largest absolute Gasteiger partial charge is 0.460 e. The Bertz CT molecular complexity index is 1360. The maximum absolute atomic E-state index is 13.8. The first-order valence-corrected chi connectivity index (χ1v) is 20.2. The molecule has 10 heteroatoms. The molecule has 2 N–H and O–H groups in total. The van der Waals surface area contributed by atoms with E-state index >= 15 is 0 Å². The zero-order chi connectivity index (χ0) is 37.1. The molecule has 0 bridgehead atoms. The minimum absolute atomic E-state index is 0.00117. The van der Waals surface area contributed by atoms with Crippen molar-refractivity contribution in [2.24, 2.45) is 51.2 Å². The van der Waals surface area contributed by atoms with E-state index in [4.69, 9.17) is 23.7 Å². The van der Waals surface area contributed by atoms with Gasteiger partial charge in [0.1, 0.15) is 17.8 Å². The fourth-order valence-electron chi connectivity index (χ4n) is 13.8. The summed E-state index contributed by atoms with van der Waals surface area (Å²) in [5.41, 5.74) is -1.53. The van der Waals surface area contributed by atoms with Gasteiger partial charge in [-0.25, -0.2) is 9.59 Å². The van der Waals surface area contributed by atoms with Gasteiger partial charge < -0.3 is 33.9 Å². The predicted molar refractivity (Wildman–Crippen MR) is 191 cm³/mol. The molecule has 0 radical (unpaired) electrons. The first-order chi connectivity index (χ1) is 23.7. The van der Waals surface area contributed by atoms with Crippen molar-refractivity contribution >= 4 is 12.1 Å². The summed E-state index contributed by atoms with van der Waals surface area (Å²) in [5.74, 6) is 1.27. The molecule has 7 rings (SSSR count). The first-order valence-electron chi connectivity index (χ1n) is 20.2. The zero-order valence-electron chi connectivity index (χ0n) is 33.0. The van der Waals surface area contributed by atoms with Gasteiger partial charge in [0.2, 0.25) is 0 Å². The normalized spacial score (nSPS) is 46.4. The van der Waals surface area contributed by atoms with Crippen LogP contribution in [0.4, 0.5) is 4.79 Å². The highest BCUT2D eigenvalue weighted by atomic mass is 16.6.